The van der Waals surface area contributed by atoms with Crippen molar-refractivity contribution in [1.29, 1.82) is 0 Å². The Labute approximate surface area is 222 Å². The molecule has 0 unspecified atom stereocenters. The first kappa shape index (κ1) is 27.2. The molecule has 4 rings (SSSR count). The Balaban J connectivity index is 1.99. The highest BCUT2D eigenvalue weighted by Gasteiger charge is 2.25. The summed E-state index contributed by atoms with van der Waals surface area (Å²) in [5.74, 6) is 0.448. The molecule has 0 saturated heterocycles. The van der Waals surface area contributed by atoms with Crippen LogP contribution in [-0.4, -0.2) is 16.0 Å². The highest BCUT2D eigenvalue weighted by molar-refractivity contribution is 6.05. The van der Waals surface area contributed by atoms with Gasteiger partial charge in [0.25, 0.3) is 0 Å². The second kappa shape index (κ2) is 11.3. The highest BCUT2D eigenvalue weighted by Crippen LogP contribution is 2.39. The number of carbonyl (C=O) groups excluding carboxylic acids is 1. The zero-order chi connectivity index (χ0) is 27.6. The summed E-state index contributed by atoms with van der Waals surface area (Å²) in [6.45, 7) is 9.99. The SMILES string of the molecule is CC(=O)c1c(OCc2ccccc2)cc2oc3cc(O)c(CCC(C)C)c(O)c3c(=O)c2c1CCC(C)C. The van der Waals surface area contributed by atoms with Crippen LogP contribution < -0.4 is 10.2 Å². The maximum atomic E-state index is 14.0. The van der Waals surface area contributed by atoms with Crippen molar-refractivity contribution in [2.45, 2.75) is 66.9 Å². The molecule has 3 aromatic carbocycles. The van der Waals surface area contributed by atoms with Gasteiger partial charge in [-0.15, -0.1) is 0 Å². The fourth-order valence-electron chi connectivity index (χ4n) is 4.83. The molecule has 0 aliphatic rings. The number of hydrogen-bond donors (Lipinski definition) is 2. The number of aromatic hydroxyl groups is 2. The van der Waals surface area contributed by atoms with Crippen molar-refractivity contribution in [2.24, 2.45) is 11.8 Å². The summed E-state index contributed by atoms with van der Waals surface area (Å²) in [5, 5.41) is 22.1. The van der Waals surface area contributed by atoms with E-state index >= 15 is 0 Å². The summed E-state index contributed by atoms with van der Waals surface area (Å²) >= 11 is 0. The lowest BCUT2D eigenvalue weighted by Crippen LogP contribution is -2.13. The van der Waals surface area contributed by atoms with E-state index in [1.807, 2.05) is 30.3 Å². The van der Waals surface area contributed by atoms with Crippen LogP contribution in [-0.2, 0) is 19.4 Å². The molecular formula is C32H36O6. The first-order chi connectivity index (χ1) is 18.1. The molecule has 0 aliphatic carbocycles. The Kier molecular flexibility index (Phi) is 8.10. The van der Waals surface area contributed by atoms with Crippen LogP contribution in [0.15, 0.2) is 51.7 Å². The van der Waals surface area contributed by atoms with Crippen LogP contribution in [0.2, 0.25) is 0 Å². The van der Waals surface area contributed by atoms with E-state index in [-0.39, 0.29) is 45.8 Å². The van der Waals surface area contributed by atoms with Gasteiger partial charge < -0.3 is 19.4 Å². The highest BCUT2D eigenvalue weighted by atomic mass is 16.5. The molecule has 0 radical (unpaired) electrons. The third-order valence-electron chi connectivity index (χ3n) is 6.91. The summed E-state index contributed by atoms with van der Waals surface area (Å²) < 4.78 is 12.3. The quantitative estimate of drug-likeness (QED) is 0.169. The molecule has 0 spiro atoms. The van der Waals surface area contributed by atoms with E-state index in [0.717, 1.165) is 18.4 Å². The van der Waals surface area contributed by atoms with Crippen molar-refractivity contribution in [2.75, 3.05) is 0 Å². The van der Waals surface area contributed by atoms with Crippen LogP contribution in [0.1, 0.15) is 74.5 Å². The first-order valence-electron chi connectivity index (χ1n) is 13.3. The van der Waals surface area contributed by atoms with Crippen molar-refractivity contribution in [3.05, 3.63) is 74.9 Å². The molecule has 200 valence electrons. The lowest BCUT2D eigenvalue weighted by molar-refractivity contribution is 0.101. The van der Waals surface area contributed by atoms with Crippen LogP contribution in [0, 0.1) is 11.8 Å². The average Bonchev–Trinajstić information content (AvgIpc) is 2.85. The number of rotatable bonds is 10. The Morgan fingerprint density at radius 3 is 2.11 bits per heavy atom. The zero-order valence-corrected chi connectivity index (χ0v) is 22.8. The standard InChI is InChI=1S/C32H36O6/c1-18(2)11-13-22-24(34)15-26-30(31(22)35)32(36)29-23(14-12-19(3)4)28(20(5)33)25(16-27(29)38-26)37-17-21-9-7-6-8-10-21/h6-10,15-16,18-19,34-35H,11-14,17H2,1-5H3. The molecular weight excluding hydrogens is 480 g/mol. The number of hydrogen-bond acceptors (Lipinski definition) is 6. The molecule has 1 heterocycles. The first-order valence-corrected chi connectivity index (χ1v) is 13.3. The predicted molar refractivity (Wildman–Crippen MR) is 150 cm³/mol. The summed E-state index contributed by atoms with van der Waals surface area (Å²) in [4.78, 5) is 27.0. The summed E-state index contributed by atoms with van der Waals surface area (Å²) in [6, 6.07) is 12.6. The molecule has 0 fully saturated rings. The normalized spacial score (nSPS) is 11.7. The molecule has 0 atom stereocenters. The number of Topliss-reactive ketones (excluding diaryl/α,β-unsaturated/α-hetero) is 1. The molecule has 0 bridgehead atoms. The molecule has 1 aromatic heterocycles. The van der Waals surface area contributed by atoms with Crippen LogP contribution in [0.4, 0.5) is 0 Å². The summed E-state index contributed by atoms with van der Waals surface area (Å²) in [6.07, 6.45) is 2.38. The summed E-state index contributed by atoms with van der Waals surface area (Å²) in [7, 11) is 0. The van der Waals surface area contributed by atoms with Crippen LogP contribution in [0.5, 0.6) is 17.2 Å². The Bertz CT molecular complexity index is 1530. The number of aryl methyl sites for hydroxylation is 1. The van der Waals surface area contributed by atoms with Gasteiger partial charge in [-0.2, -0.15) is 0 Å². The van der Waals surface area contributed by atoms with E-state index in [1.165, 1.54) is 13.0 Å². The van der Waals surface area contributed by atoms with E-state index in [1.54, 1.807) is 6.07 Å². The van der Waals surface area contributed by atoms with Gasteiger partial charge in [-0.1, -0.05) is 58.0 Å². The molecule has 0 amide bonds. The van der Waals surface area contributed by atoms with E-state index in [4.69, 9.17) is 9.15 Å². The van der Waals surface area contributed by atoms with Crippen molar-refractivity contribution < 1.29 is 24.2 Å². The minimum absolute atomic E-state index is 0.0207. The molecule has 0 aliphatic heterocycles. The molecule has 0 saturated carbocycles. The van der Waals surface area contributed by atoms with Crippen molar-refractivity contribution >= 4 is 27.7 Å². The van der Waals surface area contributed by atoms with Gasteiger partial charge in [-0.05, 0) is 55.6 Å². The van der Waals surface area contributed by atoms with E-state index in [0.29, 0.717) is 47.1 Å². The molecule has 2 N–H and O–H groups in total. The Hall–Kier alpha value is -3.80. The largest absolute Gasteiger partial charge is 0.507 e. The Morgan fingerprint density at radius 2 is 1.50 bits per heavy atom. The number of fused-ring (bicyclic) bond motifs is 2. The monoisotopic (exact) mass is 516 g/mol. The van der Waals surface area contributed by atoms with Gasteiger partial charge in [0.05, 0.1) is 10.9 Å². The molecule has 6 heteroatoms. The van der Waals surface area contributed by atoms with Gasteiger partial charge in [0.1, 0.15) is 40.4 Å². The molecule has 38 heavy (non-hydrogen) atoms. The minimum atomic E-state index is -0.416. The van der Waals surface area contributed by atoms with Gasteiger partial charge in [-0.25, -0.2) is 0 Å². The number of carbonyl (C=O) groups is 1. The smallest absolute Gasteiger partial charge is 0.204 e. The van der Waals surface area contributed by atoms with Crippen LogP contribution >= 0.6 is 0 Å². The number of phenols is 2. The van der Waals surface area contributed by atoms with Crippen molar-refractivity contribution in [3.63, 3.8) is 0 Å². The van der Waals surface area contributed by atoms with Gasteiger partial charge in [0.2, 0.25) is 5.43 Å². The summed E-state index contributed by atoms with van der Waals surface area (Å²) in [5.41, 5.74) is 2.12. The lowest BCUT2D eigenvalue weighted by atomic mass is 9.91. The molecule has 4 aromatic rings. The second-order valence-corrected chi connectivity index (χ2v) is 10.8. The topological polar surface area (TPSA) is 97.0 Å². The van der Waals surface area contributed by atoms with E-state index < -0.39 is 5.43 Å². The van der Waals surface area contributed by atoms with Gasteiger partial charge in [-0.3, -0.25) is 9.59 Å². The lowest BCUT2D eigenvalue weighted by Gasteiger charge is -2.18. The third-order valence-corrected chi connectivity index (χ3v) is 6.91. The number of ketones is 1. The number of ether oxygens (including phenoxy) is 1. The van der Waals surface area contributed by atoms with Crippen molar-refractivity contribution in [3.8, 4) is 17.2 Å². The fourth-order valence-corrected chi connectivity index (χ4v) is 4.83. The predicted octanol–water partition coefficient (Wildman–Crippen LogP) is 7.32. The number of phenolic OH excluding ortho intramolecular Hbond substituents is 2. The van der Waals surface area contributed by atoms with Gasteiger partial charge in [0, 0.05) is 17.7 Å². The van der Waals surface area contributed by atoms with Gasteiger partial charge in [0.15, 0.2) is 5.78 Å². The van der Waals surface area contributed by atoms with E-state index in [2.05, 4.69) is 27.7 Å². The number of benzene rings is 3. The minimum Gasteiger partial charge on any atom is -0.507 e. The fraction of sp³-hybridized carbons (Fsp3) is 0.375. The van der Waals surface area contributed by atoms with E-state index in [9.17, 15) is 19.8 Å². The zero-order valence-electron chi connectivity index (χ0n) is 22.8. The van der Waals surface area contributed by atoms with Crippen LogP contribution in [0.25, 0.3) is 21.9 Å². The maximum Gasteiger partial charge on any atom is 0.204 e. The Morgan fingerprint density at radius 1 is 0.895 bits per heavy atom. The van der Waals surface area contributed by atoms with Crippen LogP contribution in [0.3, 0.4) is 0 Å². The second-order valence-electron chi connectivity index (χ2n) is 10.8. The third kappa shape index (κ3) is 5.54. The van der Waals surface area contributed by atoms with Gasteiger partial charge >= 0.3 is 0 Å². The average molecular weight is 517 g/mol. The molecule has 6 nitrogen and oxygen atoms in total. The van der Waals surface area contributed by atoms with Crippen molar-refractivity contribution in [1.82, 2.24) is 0 Å². The maximum absolute atomic E-state index is 14.0.